The highest BCUT2D eigenvalue weighted by Crippen LogP contribution is 2.15. The first-order valence-corrected chi connectivity index (χ1v) is 5.04. The number of aromatic nitrogens is 3. The maximum Gasteiger partial charge on any atom is 0.322 e. The molecule has 1 rings (SSSR count). The van der Waals surface area contributed by atoms with Gasteiger partial charge in [0, 0.05) is 7.11 Å². The van der Waals surface area contributed by atoms with E-state index in [1.165, 1.54) is 7.11 Å². The average Bonchev–Trinajstić information content (AvgIpc) is 2.27. The van der Waals surface area contributed by atoms with Gasteiger partial charge in [-0.05, 0) is 13.8 Å². The summed E-state index contributed by atoms with van der Waals surface area (Å²) in [5, 5.41) is 3.11. The molecule has 1 heterocycles. The molecule has 8 heteroatoms. The van der Waals surface area contributed by atoms with Crippen LogP contribution in [0.1, 0.15) is 13.8 Å². The minimum atomic E-state index is -0.313. The number of nitrogens with zero attached hydrogens (tertiary/aromatic N) is 3. The first-order chi connectivity index (χ1) is 8.00. The fourth-order valence-corrected chi connectivity index (χ4v) is 1.27. The molecule has 0 saturated heterocycles. The van der Waals surface area contributed by atoms with Gasteiger partial charge in [-0.1, -0.05) is 0 Å². The first-order valence-electron chi connectivity index (χ1n) is 5.04. The SMILES string of the molecule is COCC(C)(C)Nc1nc(NN)nc(OC)n1. The van der Waals surface area contributed by atoms with Crippen LogP contribution in [0.25, 0.3) is 0 Å². The predicted molar refractivity (Wildman–Crippen MR) is 63.8 cm³/mol. The van der Waals surface area contributed by atoms with Crippen molar-refractivity contribution in [1.29, 1.82) is 0 Å². The van der Waals surface area contributed by atoms with Crippen LogP contribution < -0.4 is 21.3 Å². The Hall–Kier alpha value is -1.67. The van der Waals surface area contributed by atoms with E-state index >= 15 is 0 Å². The summed E-state index contributed by atoms with van der Waals surface area (Å²) >= 11 is 0. The van der Waals surface area contributed by atoms with E-state index in [0.29, 0.717) is 12.6 Å². The second-order valence-electron chi connectivity index (χ2n) is 4.06. The molecular formula is C9H18N6O2. The van der Waals surface area contributed by atoms with E-state index in [9.17, 15) is 0 Å². The number of hydrazine groups is 1. The highest BCUT2D eigenvalue weighted by atomic mass is 16.5. The van der Waals surface area contributed by atoms with Crippen LogP contribution >= 0.6 is 0 Å². The van der Waals surface area contributed by atoms with Crippen molar-refractivity contribution >= 4 is 11.9 Å². The Morgan fingerprint density at radius 3 is 2.35 bits per heavy atom. The fourth-order valence-electron chi connectivity index (χ4n) is 1.27. The summed E-state index contributed by atoms with van der Waals surface area (Å²) in [6.07, 6.45) is 0. The Labute approximate surface area is 99.9 Å². The third-order valence-electron chi connectivity index (χ3n) is 1.88. The minimum Gasteiger partial charge on any atom is -0.467 e. The van der Waals surface area contributed by atoms with Crippen LogP contribution in [-0.4, -0.2) is 41.3 Å². The molecular weight excluding hydrogens is 224 g/mol. The molecule has 0 spiro atoms. The molecule has 0 unspecified atom stereocenters. The molecule has 0 aliphatic carbocycles. The number of ether oxygens (including phenoxy) is 2. The quantitative estimate of drug-likeness (QED) is 0.472. The zero-order chi connectivity index (χ0) is 12.9. The van der Waals surface area contributed by atoms with Crippen molar-refractivity contribution in [2.45, 2.75) is 19.4 Å². The van der Waals surface area contributed by atoms with Gasteiger partial charge in [-0.2, -0.15) is 15.0 Å². The lowest BCUT2D eigenvalue weighted by molar-refractivity contribution is 0.157. The molecule has 0 atom stereocenters. The van der Waals surface area contributed by atoms with Gasteiger partial charge >= 0.3 is 6.01 Å². The average molecular weight is 242 g/mol. The van der Waals surface area contributed by atoms with E-state index in [2.05, 4.69) is 25.7 Å². The van der Waals surface area contributed by atoms with Gasteiger partial charge in [0.25, 0.3) is 0 Å². The molecule has 0 amide bonds. The lowest BCUT2D eigenvalue weighted by Crippen LogP contribution is -2.36. The van der Waals surface area contributed by atoms with Gasteiger partial charge in [-0.25, -0.2) is 5.84 Å². The lowest BCUT2D eigenvalue weighted by atomic mass is 10.1. The van der Waals surface area contributed by atoms with E-state index in [1.807, 2.05) is 13.8 Å². The Balaban J connectivity index is 2.89. The molecule has 8 nitrogen and oxygen atoms in total. The molecule has 1 aromatic heterocycles. The maximum absolute atomic E-state index is 5.25. The van der Waals surface area contributed by atoms with Crippen LogP contribution in [0.5, 0.6) is 6.01 Å². The van der Waals surface area contributed by atoms with Gasteiger partial charge in [0.2, 0.25) is 11.9 Å². The predicted octanol–water partition coefficient (Wildman–Crippen LogP) is 0.00270. The Morgan fingerprint density at radius 1 is 1.18 bits per heavy atom. The van der Waals surface area contributed by atoms with Gasteiger partial charge in [0.1, 0.15) is 0 Å². The number of hydrogen-bond acceptors (Lipinski definition) is 8. The number of nitrogens with one attached hydrogen (secondary N) is 2. The second-order valence-corrected chi connectivity index (χ2v) is 4.06. The number of rotatable bonds is 6. The topological polar surface area (TPSA) is 107 Å². The molecule has 17 heavy (non-hydrogen) atoms. The van der Waals surface area contributed by atoms with Crippen LogP contribution in [0.2, 0.25) is 0 Å². The summed E-state index contributed by atoms with van der Waals surface area (Å²) in [6, 6.07) is 0.184. The Morgan fingerprint density at radius 2 is 1.82 bits per heavy atom. The molecule has 0 fully saturated rings. The van der Waals surface area contributed by atoms with Crippen molar-refractivity contribution < 1.29 is 9.47 Å². The molecule has 0 aliphatic heterocycles. The van der Waals surface area contributed by atoms with Crippen LogP contribution in [0, 0.1) is 0 Å². The van der Waals surface area contributed by atoms with Crippen LogP contribution in [0.4, 0.5) is 11.9 Å². The van der Waals surface area contributed by atoms with Gasteiger partial charge < -0.3 is 14.8 Å². The van der Waals surface area contributed by atoms with Crippen molar-refractivity contribution in [1.82, 2.24) is 15.0 Å². The summed E-state index contributed by atoms with van der Waals surface area (Å²) in [6.45, 7) is 4.43. The number of nitrogen functional groups attached to an aromatic ring is 1. The van der Waals surface area contributed by atoms with Gasteiger partial charge in [-0.15, -0.1) is 0 Å². The highest BCUT2D eigenvalue weighted by molar-refractivity contribution is 5.36. The third-order valence-corrected chi connectivity index (χ3v) is 1.88. The van der Waals surface area contributed by atoms with Crippen molar-refractivity contribution in [2.24, 2.45) is 5.84 Å². The van der Waals surface area contributed by atoms with Crippen LogP contribution in [0.3, 0.4) is 0 Å². The zero-order valence-corrected chi connectivity index (χ0v) is 10.4. The van der Waals surface area contributed by atoms with E-state index in [0.717, 1.165) is 0 Å². The van der Waals surface area contributed by atoms with Crippen molar-refractivity contribution in [3.63, 3.8) is 0 Å². The van der Waals surface area contributed by atoms with Crippen LogP contribution in [-0.2, 0) is 4.74 Å². The number of methoxy groups -OCH3 is 2. The molecule has 0 radical (unpaired) electrons. The molecule has 4 N–H and O–H groups in total. The Bertz CT molecular complexity index is 348. The summed E-state index contributed by atoms with van der Waals surface area (Å²) in [5.41, 5.74) is 2.03. The molecule has 1 aromatic rings. The van der Waals surface area contributed by atoms with E-state index in [1.54, 1.807) is 7.11 Å². The van der Waals surface area contributed by atoms with E-state index in [4.69, 9.17) is 15.3 Å². The molecule has 0 saturated carbocycles. The fraction of sp³-hybridized carbons (Fsp3) is 0.667. The smallest absolute Gasteiger partial charge is 0.322 e. The summed E-state index contributed by atoms with van der Waals surface area (Å²) in [5.74, 6) is 5.85. The minimum absolute atomic E-state index is 0.184. The number of nitrogens with two attached hydrogens (primary N) is 1. The standard InChI is InChI=1S/C9H18N6O2/c1-9(2,5-16-3)14-6-11-7(15-10)13-8(12-6)17-4/h5,10H2,1-4H3,(H2,11,12,13,14,15). The first kappa shape index (κ1) is 13.4. The van der Waals surface area contributed by atoms with Gasteiger partial charge in [0.05, 0.1) is 19.3 Å². The summed E-state index contributed by atoms with van der Waals surface area (Å²) in [7, 11) is 3.10. The van der Waals surface area contributed by atoms with E-state index < -0.39 is 0 Å². The molecule has 96 valence electrons. The van der Waals surface area contributed by atoms with Crippen molar-refractivity contribution in [2.75, 3.05) is 31.6 Å². The highest BCUT2D eigenvalue weighted by Gasteiger charge is 2.19. The van der Waals surface area contributed by atoms with E-state index in [-0.39, 0.29) is 17.5 Å². The van der Waals surface area contributed by atoms with Crippen molar-refractivity contribution in [3.8, 4) is 6.01 Å². The van der Waals surface area contributed by atoms with Gasteiger partial charge in [-0.3, -0.25) is 5.43 Å². The van der Waals surface area contributed by atoms with Crippen molar-refractivity contribution in [3.05, 3.63) is 0 Å². The number of anilines is 2. The zero-order valence-electron chi connectivity index (χ0n) is 10.4. The normalized spacial score (nSPS) is 11.1. The molecule has 0 aromatic carbocycles. The number of hydrogen-bond donors (Lipinski definition) is 3. The molecule has 0 bridgehead atoms. The maximum atomic E-state index is 5.25. The largest absolute Gasteiger partial charge is 0.467 e. The third kappa shape index (κ3) is 4.00. The van der Waals surface area contributed by atoms with Gasteiger partial charge in [0.15, 0.2) is 0 Å². The monoisotopic (exact) mass is 242 g/mol. The summed E-state index contributed by atoms with van der Waals surface area (Å²) < 4.78 is 10.0. The summed E-state index contributed by atoms with van der Waals surface area (Å²) in [4.78, 5) is 12.0. The lowest BCUT2D eigenvalue weighted by Gasteiger charge is -2.25. The molecule has 0 aliphatic rings. The second kappa shape index (κ2) is 5.60. The Kier molecular flexibility index (Phi) is 4.41. The van der Waals surface area contributed by atoms with Crippen LogP contribution in [0.15, 0.2) is 0 Å².